The van der Waals surface area contributed by atoms with E-state index in [1.165, 1.54) is 0 Å². The number of ether oxygens (including phenoxy) is 1. The third-order valence-electron chi connectivity index (χ3n) is 7.50. The van der Waals surface area contributed by atoms with Gasteiger partial charge in [0.15, 0.2) is 5.58 Å². The monoisotopic (exact) mass is 614 g/mol. The fraction of sp³-hybridized carbons (Fsp3) is 0.375. The zero-order valence-electron chi connectivity index (χ0n) is 24.3. The van der Waals surface area contributed by atoms with Gasteiger partial charge in [-0.15, -0.1) is 0 Å². The number of aliphatic hydroxyl groups excluding tert-OH is 1. The Kier molecular flexibility index (Phi) is 10.8. The number of aryl methyl sites for hydroxylation is 2. The number of rotatable bonds is 14. The Balaban J connectivity index is 1.61. The SMILES string of the molecule is Cc1ccccc1-c1ccc2oc([C@@H](O)[C@@H](CCc3ccccc3)NCC(O)(OC(=O)C(F)(F)F)[C@H](N)CCCN)nc2c1. The lowest BCUT2D eigenvalue weighted by Gasteiger charge is -2.35. The van der Waals surface area contributed by atoms with E-state index < -0.39 is 42.7 Å². The first-order valence-electron chi connectivity index (χ1n) is 14.3. The summed E-state index contributed by atoms with van der Waals surface area (Å²) in [7, 11) is 0. The number of fused-ring (bicyclic) bond motifs is 1. The van der Waals surface area contributed by atoms with Crippen molar-refractivity contribution in [3.63, 3.8) is 0 Å². The van der Waals surface area contributed by atoms with Gasteiger partial charge in [-0.2, -0.15) is 13.2 Å². The first-order chi connectivity index (χ1) is 20.9. The van der Waals surface area contributed by atoms with E-state index in [0.29, 0.717) is 17.5 Å². The molecule has 0 aliphatic heterocycles. The largest absolute Gasteiger partial charge is 0.491 e. The second-order valence-electron chi connectivity index (χ2n) is 10.8. The zero-order valence-corrected chi connectivity index (χ0v) is 24.3. The standard InChI is InChI=1S/C32H37F3N4O5/c1-20-8-5-6-11-23(20)22-14-16-26-25(18-22)39-29(43-26)28(40)24(15-13-21-9-3-2-4-10-21)38-19-31(42,27(37)12-7-17-36)44-30(41)32(33,34)35/h2-6,8-11,14,16,18,24,27-28,38,40,42H,7,12-13,15,17,19,36-37H2,1H3/t24-,27-,28+,31?/m1/s1. The molecule has 0 aliphatic carbocycles. The minimum atomic E-state index is -5.36. The minimum absolute atomic E-state index is 0.0224. The van der Waals surface area contributed by atoms with E-state index in [-0.39, 0.29) is 31.7 Å². The number of hydrogen-bond acceptors (Lipinski definition) is 9. The third kappa shape index (κ3) is 8.21. The number of alkyl halides is 3. The van der Waals surface area contributed by atoms with Crippen LogP contribution in [-0.2, 0) is 16.0 Å². The van der Waals surface area contributed by atoms with Gasteiger partial charge in [-0.1, -0.05) is 60.7 Å². The Morgan fingerprint density at radius 3 is 2.45 bits per heavy atom. The van der Waals surface area contributed by atoms with Gasteiger partial charge in [0, 0.05) is 6.04 Å². The molecule has 12 heteroatoms. The van der Waals surface area contributed by atoms with Crippen LogP contribution in [0, 0.1) is 6.92 Å². The summed E-state index contributed by atoms with van der Waals surface area (Å²) in [5.41, 5.74) is 16.4. The first kappa shape index (κ1) is 33.1. The van der Waals surface area contributed by atoms with Crippen molar-refractivity contribution in [3.8, 4) is 11.1 Å². The number of nitrogens with one attached hydrogen (secondary N) is 1. The van der Waals surface area contributed by atoms with Crippen LogP contribution in [0.1, 0.15) is 42.4 Å². The molecule has 1 unspecified atom stereocenters. The van der Waals surface area contributed by atoms with Crippen LogP contribution >= 0.6 is 0 Å². The average Bonchev–Trinajstić information content (AvgIpc) is 3.43. The van der Waals surface area contributed by atoms with Gasteiger partial charge >= 0.3 is 12.1 Å². The van der Waals surface area contributed by atoms with Crippen LogP contribution in [0.2, 0.25) is 0 Å². The molecule has 0 saturated heterocycles. The molecule has 44 heavy (non-hydrogen) atoms. The van der Waals surface area contributed by atoms with Gasteiger partial charge in [-0.25, -0.2) is 9.78 Å². The lowest BCUT2D eigenvalue weighted by atomic mass is 9.98. The molecule has 0 aliphatic rings. The molecule has 0 bridgehead atoms. The van der Waals surface area contributed by atoms with Crippen molar-refractivity contribution in [1.29, 1.82) is 0 Å². The molecular weight excluding hydrogens is 577 g/mol. The molecule has 1 aromatic heterocycles. The maximum absolute atomic E-state index is 13.1. The number of esters is 1. The maximum Gasteiger partial charge on any atom is 0.491 e. The number of oxazole rings is 1. The van der Waals surface area contributed by atoms with Crippen LogP contribution < -0.4 is 16.8 Å². The highest BCUT2D eigenvalue weighted by Gasteiger charge is 2.48. The molecule has 4 atom stereocenters. The molecule has 7 N–H and O–H groups in total. The van der Waals surface area contributed by atoms with E-state index in [1.54, 1.807) is 6.07 Å². The summed E-state index contributed by atoms with van der Waals surface area (Å²) in [6.45, 7) is 1.44. The molecule has 1 heterocycles. The topological polar surface area (TPSA) is 157 Å². The quantitative estimate of drug-likeness (QED) is 0.103. The number of aliphatic hydroxyl groups is 2. The van der Waals surface area contributed by atoms with Gasteiger partial charge in [0.2, 0.25) is 11.7 Å². The lowest BCUT2D eigenvalue weighted by Crippen LogP contribution is -2.60. The second-order valence-corrected chi connectivity index (χ2v) is 10.8. The van der Waals surface area contributed by atoms with Gasteiger partial charge in [-0.05, 0) is 73.5 Å². The molecule has 4 rings (SSSR count). The molecule has 4 aromatic rings. The number of hydrogen-bond donors (Lipinski definition) is 5. The number of nitrogens with zero attached hydrogens (tertiary/aromatic N) is 1. The Bertz CT molecular complexity index is 1530. The van der Waals surface area contributed by atoms with Crippen molar-refractivity contribution in [2.45, 2.75) is 62.8 Å². The fourth-order valence-corrected chi connectivity index (χ4v) is 4.95. The van der Waals surface area contributed by atoms with Gasteiger partial charge in [-0.3, -0.25) is 0 Å². The van der Waals surface area contributed by atoms with E-state index in [1.807, 2.05) is 73.7 Å². The predicted molar refractivity (Wildman–Crippen MR) is 159 cm³/mol. The van der Waals surface area contributed by atoms with Crippen molar-refractivity contribution in [2.24, 2.45) is 11.5 Å². The van der Waals surface area contributed by atoms with Crippen LogP contribution in [0.25, 0.3) is 22.2 Å². The average molecular weight is 615 g/mol. The second kappa shape index (κ2) is 14.3. The molecule has 0 amide bonds. The van der Waals surface area contributed by atoms with Crippen molar-refractivity contribution in [2.75, 3.05) is 13.1 Å². The zero-order chi connectivity index (χ0) is 31.9. The highest BCUT2D eigenvalue weighted by atomic mass is 19.4. The van der Waals surface area contributed by atoms with Crippen LogP contribution in [0.4, 0.5) is 13.2 Å². The number of halogens is 3. The molecule has 0 radical (unpaired) electrons. The number of aromatic nitrogens is 1. The fourth-order valence-electron chi connectivity index (χ4n) is 4.95. The summed E-state index contributed by atoms with van der Waals surface area (Å²) in [4.78, 5) is 16.2. The van der Waals surface area contributed by atoms with Crippen LogP contribution in [0.15, 0.2) is 77.2 Å². The Morgan fingerprint density at radius 1 is 1.07 bits per heavy atom. The van der Waals surface area contributed by atoms with E-state index >= 15 is 0 Å². The molecule has 9 nitrogen and oxygen atoms in total. The van der Waals surface area contributed by atoms with Crippen molar-refractivity contribution in [1.82, 2.24) is 10.3 Å². The van der Waals surface area contributed by atoms with Gasteiger partial charge in [0.25, 0.3) is 0 Å². The number of benzene rings is 3. The number of carbonyl (C=O) groups excluding carboxylic acids is 1. The Labute approximate surface area is 253 Å². The summed E-state index contributed by atoms with van der Waals surface area (Å²) in [5.74, 6) is -5.37. The summed E-state index contributed by atoms with van der Waals surface area (Å²) < 4.78 is 49.7. The molecule has 3 aromatic carbocycles. The predicted octanol–water partition coefficient (Wildman–Crippen LogP) is 4.29. The molecule has 0 fully saturated rings. The molecule has 0 spiro atoms. The van der Waals surface area contributed by atoms with E-state index in [4.69, 9.17) is 15.9 Å². The van der Waals surface area contributed by atoms with E-state index in [9.17, 15) is 28.2 Å². The van der Waals surface area contributed by atoms with Gasteiger partial charge < -0.3 is 36.2 Å². The summed E-state index contributed by atoms with van der Waals surface area (Å²) in [5, 5.41) is 25.4. The van der Waals surface area contributed by atoms with Crippen LogP contribution in [0.3, 0.4) is 0 Å². The van der Waals surface area contributed by atoms with Crippen molar-refractivity contribution >= 4 is 17.1 Å². The molecular formula is C32H37F3N4O5. The summed E-state index contributed by atoms with van der Waals surface area (Å²) in [6.07, 6.45) is -5.81. The highest BCUT2D eigenvalue weighted by molar-refractivity contribution is 5.81. The van der Waals surface area contributed by atoms with Gasteiger partial charge in [0.1, 0.15) is 11.6 Å². The van der Waals surface area contributed by atoms with Crippen LogP contribution in [0.5, 0.6) is 0 Å². The van der Waals surface area contributed by atoms with E-state index in [0.717, 1.165) is 22.3 Å². The maximum atomic E-state index is 13.1. The normalized spacial score (nSPS) is 15.5. The van der Waals surface area contributed by atoms with Gasteiger partial charge in [0.05, 0.1) is 12.6 Å². The summed E-state index contributed by atoms with van der Waals surface area (Å²) in [6, 6.07) is 20.4. The highest BCUT2D eigenvalue weighted by Crippen LogP contribution is 2.30. The number of nitrogens with two attached hydrogens (primary N) is 2. The Morgan fingerprint density at radius 2 is 1.77 bits per heavy atom. The van der Waals surface area contributed by atoms with Crippen molar-refractivity contribution < 1.29 is 37.3 Å². The molecule has 0 saturated carbocycles. The first-order valence-corrected chi connectivity index (χ1v) is 14.3. The van der Waals surface area contributed by atoms with Crippen molar-refractivity contribution in [3.05, 3.63) is 89.8 Å². The third-order valence-corrected chi connectivity index (χ3v) is 7.50. The summed E-state index contributed by atoms with van der Waals surface area (Å²) >= 11 is 0. The van der Waals surface area contributed by atoms with E-state index in [2.05, 4.69) is 15.0 Å². The molecule has 236 valence electrons. The van der Waals surface area contributed by atoms with Crippen LogP contribution in [-0.4, -0.2) is 58.3 Å². The lowest BCUT2D eigenvalue weighted by molar-refractivity contribution is -0.253. The number of carbonyl (C=O) groups is 1. The Hall–Kier alpha value is -3.81. The smallest absolute Gasteiger partial charge is 0.438 e. The minimum Gasteiger partial charge on any atom is -0.438 e.